The summed E-state index contributed by atoms with van der Waals surface area (Å²) in [6.45, 7) is 0. The van der Waals surface area contributed by atoms with Crippen LogP contribution in [-0.4, -0.2) is 27.0 Å². The molecule has 2 N–H and O–H groups in total. The summed E-state index contributed by atoms with van der Waals surface area (Å²) >= 11 is 0. The molecule has 3 aromatic heterocycles. The minimum absolute atomic E-state index is 0.0638. The van der Waals surface area contributed by atoms with Gasteiger partial charge in [0.05, 0.1) is 30.3 Å². The Morgan fingerprint density at radius 2 is 2.03 bits per heavy atom. The number of hydrogen-bond donors (Lipinski definition) is 2. The van der Waals surface area contributed by atoms with Gasteiger partial charge in [-0.15, -0.1) is 0 Å². The van der Waals surface area contributed by atoms with Gasteiger partial charge in [0.15, 0.2) is 0 Å². The maximum Gasteiger partial charge on any atom is 0.143 e. The minimum Gasteiger partial charge on any atom is -0.495 e. The molecule has 7 nitrogen and oxygen atoms in total. The van der Waals surface area contributed by atoms with Gasteiger partial charge in [-0.1, -0.05) is 0 Å². The van der Waals surface area contributed by atoms with Crippen molar-refractivity contribution < 1.29 is 9.13 Å². The number of halogens is 1. The summed E-state index contributed by atoms with van der Waals surface area (Å²) in [6, 6.07) is 10.2. The fraction of sp³-hybridized carbons (Fsp3) is 0.0476. The number of anilines is 2. The molecule has 0 saturated carbocycles. The van der Waals surface area contributed by atoms with E-state index in [1.165, 1.54) is 19.2 Å². The largest absolute Gasteiger partial charge is 0.495 e. The van der Waals surface area contributed by atoms with Gasteiger partial charge in [-0.3, -0.25) is 4.98 Å². The summed E-state index contributed by atoms with van der Waals surface area (Å²) in [4.78, 5) is 16.4. The van der Waals surface area contributed by atoms with Gasteiger partial charge in [0, 0.05) is 23.5 Å². The molecule has 0 fully saturated rings. The number of ether oxygens (including phenoxy) is 1. The van der Waals surface area contributed by atoms with Crippen molar-refractivity contribution in [2.45, 2.75) is 0 Å². The number of imidazole rings is 1. The number of pyridine rings is 2. The molecule has 29 heavy (non-hydrogen) atoms. The average Bonchev–Trinajstić information content (AvgIpc) is 3.13. The Morgan fingerprint density at radius 1 is 1.14 bits per heavy atom. The van der Waals surface area contributed by atoms with Crippen molar-refractivity contribution in [3.8, 4) is 45.7 Å². The number of aromatic amines is 1. The fourth-order valence-electron chi connectivity index (χ4n) is 3.49. The maximum absolute atomic E-state index is 14.8. The number of methoxy groups -OCH3 is 1. The maximum atomic E-state index is 14.8. The smallest absolute Gasteiger partial charge is 0.143 e. The lowest BCUT2D eigenvalue weighted by Crippen LogP contribution is -1.98. The Morgan fingerprint density at radius 3 is 2.86 bits per heavy atom. The van der Waals surface area contributed by atoms with Gasteiger partial charge in [-0.05, 0) is 30.3 Å². The molecule has 140 valence electrons. The van der Waals surface area contributed by atoms with E-state index < -0.39 is 5.82 Å². The highest BCUT2D eigenvalue weighted by atomic mass is 19.1. The lowest BCUT2D eigenvalue weighted by molar-refractivity contribution is 0.412. The van der Waals surface area contributed by atoms with Crippen LogP contribution in [0.1, 0.15) is 5.56 Å². The van der Waals surface area contributed by atoms with E-state index in [9.17, 15) is 9.65 Å². The van der Waals surface area contributed by atoms with E-state index in [0.29, 0.717) is 17.2 Å². The summed E-state index contributed by atoms with van der Waals surface area (Å²) in [7, 11) is 1.44. The number of benzene rings is 1. The molecule has 8 heteroatoms. The quantitative estimate of drug-likeness (QED) is 0.471. The first kappa shape index (κ1) is 16.9. The van der Waals surface area contributed by atoms with Crippen LogP contribution in [0, 0.1) is 17.1 Å². The first-order valence-electron chi connectivity index (χ1n) is 8.75. The second-order valence-corrected chi connectivity index (χ2v) is 6.37. The molecule has 1 aromatic carbocycles. The average molecular weight is 384 g/mol. The Hall–Kier alpha value is -4.25. The molecular weight excluding hydrogens is 371 g/mol. The van der Waals surface area contributed by atoms with Crippen LogP contribution >= 0.6 is 0 Å². The minimum atomic E-state index is -0.564. The van der Waals surface area contributed by atoms with Gasteiger partial charge in [-0.2, -0.15) is 5.26 Å². The van der Waals surface area contributed by atoms with Gasteiger partial charge >= 0.3 is 0 Å². The topological polar surface area (TPSA) is 99.5 Å². The van der Waals surface area contributed by atoms with Gasteiger partial charge in [0.1, 0.15) is 40.5 Å². The molecule has 4 heterocycles. The summed E-state index contributed by atoms with van der Waals surface area (Å²) in [5.41, 5.74) is 3.74. The normalized spacial score (nSPS) is 11.3. The zero-order chi connectivity index (χ0) is 20.0. The molecule has 4 aromatic rings. The van der Waals surface area contributed by atoms with Gasteiger partial charge in [0.2, 0.25) is 0 Å². The number of nitrogens with zero attached hydrogens (tertiary/aromatic N) is 4. The van der Waals surface area contributed by atoms with Crippen molar-refractivity contribution in [3.63, 3.8) is 0 Å². The van der Waals surface area contributed by atoms with Gasteiger partial charge in [0.25, 0.3) is 0 Å². The predicted octanol–water partition coefficient (Wildman–Crippen LogP) is 4.28. The van der Waals surface area contributed by atoms with Crippen LogP contribution in [-0.2, 0) is 0 Å². The van der Waals surface area contributed by atoms with Crippen molar-refractivity contribution in [1.82, 2.24) is 19.9 Å². The number of hydrogen-bond acceptors (Lipinski definition) is 6. The monoisotopic (exact) mass is 384 g/mol. The van der Waals surface area contributed by atoms with E-state index in [0.717, 1.165) is 16.8 Å². The predicted molar refractivity (Wildman–Crippen MR) is 105 cm³/mol. The summed E-state index contributed by atoms with van der Waals surface area (Å²) in [6.07, 6.45) is 5.03. The number of H-pyrrole nitrogens is 1. The highest BCUT2D eigenvalue weighted by Crippen LogP contribution is 2.43. The van der Waals surface area contributed by atoms with Crippen LogP contribution in [0.15, 0.2) is 48.9 Å². The van der Waals surface area contributed by atoms with Gasteiger partial charge < -0.3 is 15.0 Å². The Labute approximate surface area is 164 Å². The van der Waals surface area contributed by atoms with E-state index in [2.05, 4.69) is 25.3 Å². The van der Waals surface area contributed by atoms with Crippen molar-refractivity contribution in [2.75, 3.05) is 12.4 Å². The first-order valence-corrected chi connectivity index (χ1v) is 8.75. The van der Waals surface area contributed by atoms with Crippen molar-refractivity contribution in [3.05, 3.63) is 60.3 Å². The second kappa shape index (κ2) is 6.42. The molecule has 0 amide bonds. The van der Waals surface area contributed by atoms with Crippen LogP contribution in [0.3, 0.4) is 0 Å². The third-order valence-electron chi connectivity index (χ3n) is 4.79. The molecule has 5 rings (SSSR count). The number of nitrogens with one attached hydrogen (secondary N) is 2. The van der Waals surface area contributed by atoms with Crippen LogP contribution in [0.4, 0.5) is 15.9 Å². The molecule has 1 aliphatic heterocycles. The standard InChI is InChI=1S/C21H13FN6O/c1-29-16-5-4-14(22)17(13(16)9-23)21-27-18-11-6-8-24-10-15(11)26-20-12(19(18)28-21)3-2-7-25-20/h2-8,10H,1H3,(H,25,26)(H,27,28). The SMILES string of the molecule is COc1ccc(F)c(-c2nc3c([nH]2)-c2ccncc2Nc2ncccc2-3)c1C#N. The number of fused-ring (bicyclic) bond motifs is 5. The zero-order valence-corrected chi connectivity index (χ0v) is 15.2. The van der Waals surface area contributed by atoms with Crippen molar-refractivity contribution >= 4 is 11.5 Å². The Bertz CT molecular complexity index is 1240. The highest BCUT2D eigenvalue weighted by molar-refractivity contribution is 5.95. The van der Waals surface area contributed by atoms with Crippen LogP contribution in [0.2, 0.25) is 0 Å². The summed E-state index contributed by atoms with van der Waals surface area (Å²) < 4.78 is 20.0. The van der Waals surface area contributed by atoms with E-state index in [4.69, 9.17) is 4.74 Å². The first-order chi connectivity index (χ1) is 14.2. The van der Waals surface area contributed by atoms with E-state index >= 15 is 0 Å². The number of rotatable bonds is 2. The van der Waals surface area contributed by atoms with Gasteiger partial charge in [-0.25, -0.2) is 14.4 Å². The highest BCUT2D eigenvalue weighted by Gasteiger charge is 2.26. The summed E-state index contributed by atoms with van der Waals surface area (Å²) in [5.74, 6) is 0.571. The summed E-state index contributed by atoms with van der Waals surface area (Å²) in [5, 5.41) is 12.9. The zero-order valence-electron chi connectivity index (χ0n) is 15.2. The molecule has 1 aliphatic rings. The molecule has 0 bridgehead atoms. The van der Waals surface area contributed by atoms with E-state index in [-0.39, 0.29) is 22.7 Å². The molecule has 0 radical (unpaired) electrons. The van der Waals surface area contributed by atoms with Crippen LogP contribution in [0.5, 0.6) is 5.75 Å². The lowest BCUT2D eigenvalue weighted by atomic mass is 10.1. The second-order valence-electron chi connectivity index (χ2n) is 6.37. The fourth-order valence-corrected chi connectivity index (χ4v) is 3.49. The van der Waals surface area contributed by atoms with Crippen molar-refractivity contribution in [2.24, 2.45) is 0 Å². The Kier molecular flexibility index (Phi) is 3.74. The third kappa shape index (κ3) is 2.52. The molecule has 0 spiro atoms. The number of nitriles is 1. The Balaban J connectivity index is 1.83. The lowest BCUT2D eigenvalue weighted by Gasteiger charge is -2.09. The molecular formula is C21H13FN6O. The number of aromatic nitrogens is 4. The molecule has 0 saturated heterocycles. The van der Waals surface area contributed by atoms with Crippen LogP contribution in [0.25, 0.3) is 33.9 Å². The molecule has 0 aliphatic carbocycles. The third-order valence-corrected chi connectivity index (χ3v) is 4.79. The molecule has 0 unspecified atom stereocenters. The van der Waals surface area contributed by atoms with Crippen molar-refractivity contribution in [1.29, 1.82) is 5.26 Å². The van der Waals surface area contributed by atoms with Crippen LogP contribution < -0.4 is 10.1 Å². The van der Waals surface area contributed by atoms with E-state index in [1.54, 1.807) is 24.7 Å². The molecule has 0 atom stereocenters. The van der Waals surface area contributed by atoms with E-state index in [1.807, 2.05) is 18.2 Å².